The second kappa shape index (κ2) is 34.9. The minimum Gasteiger partial charge on any atom is -0.466 e. The van der Waals surface area contributed by atoms with Crippen LogP contribution in [0.15, 0.2) is 189 Å². The number of anilines is 2. The summed E-state index contributed by atoms with van der Waals surface area (Å²) in [5.41, 5.74) is 4.87. The smallest absolute Gasteiger partial charge is 0.338 e. The van der Waals surface area contributed by atoms with Crippen molar-refractivity contribution in [2.45, 2.75) is 24.2 Å². The number of benzene rings is 6. The summed E-state index contributed by atoms with van der Waals surface area (Å²) in [5.74, 6) is 0.382. The van der Waals surface area contributed by atoms with Gasteiger partial charge in [0.1, 0.15) is 46.7 Å². The number of aliphatic hydroxyl groups is 3. The molecule has 4 saturated heterocycles. The van der Waals surface area contributed by atoms with Crippen molar-refractivity contribution in [3.8, 4) is 23.0 Å². The van der Waals surface area contributed by atoms with Crippen LogP contribution in [0.1, 0.15) is 53.9 Å². The minimum atomic E-state index is -0.878. The Morgan fingerprint density at radius 2 is 0.927 bits per heavy atom. The predicted molar refractivity (Wildman–Crippen MR) is 409 cm³/mol. The molecule has 2 aromatic heterocycles. The third-order valence-electron chi connectivity index (χ3n) is 19.3. The van der Waals surface area contributed by atoms with Gasteiger partial charge >= 0.3 is 24.0 Å². The van der Waals surface area contributed by atoms with E-state index in [2.05, 4.69) is 30.4 Å². The molecule has 0 aliphatic carbocycles. The van der Waals surface area contributed by atoms with Crippen molar-refractivity contribution in [3.63, 3.8) is 0 Å². The van der Waals surface area contributed by atoms with E-state index >= 15 is 0 Å². The number of amidine groups is 2. The molecule has 572 valence electrons. The number of aliphatic imine (C=N–C) groups is 2. The van der Waals surface area contributed by atoms with Crippen LogP contribution in [0.4, 0.5) is 29.7 Å². The lowest BCUT2D eigenvalue weighted by Gasteiger charge is -2.38. The summed E-state index contributed by atoms with van der Waals surface area (Å²) >= 11 is 15.8. The number of thiazole rings is 2. The van der Waals surface area contributed by atoms with Crippen LogP contribution in [-0.4, -0.2) is 240 Å². The number of carbonyl (C=O) groups is 6. The molecule has 27 nitrogen and oxygen atoms in total. The topological polar surface area (TPSA) is 301 Å². The van der Waals surface area contributed by atoms with Crippen molar-refractivity contribution < 1.29 is 71.8 Å². The Bertz CT molecular complexity index is 4830. The van der Waals surface area contributed by atoms with E-state index in [0.717, 1.165) is 5.69 Å². The van der Waals surface area contributed by atoms with Crippen LogP contribution in [-0.2, 0) is 19.1 Å². The van der Waals surface area contributed by atoms with Crippen LogP contribution in [0.25, 0.3) is 0 Å². The molecule has 4 atom stereocenters. The number of piperazine rings is 2. The fraction of sp³-hybridized carbons (Fsp3) is 0.299. The van der Waals surface area contributed by atoms with E-state index in [-0.39, 0.29) is 96.6 Å². The highest BCUT2D eigenvalue weighted by Crippen LogP contribution is 2.41. The first-order valence-electron chi connectivity index (χ1n) is 35.1. The molecule has 110 heavy (non-hydrogen) atoms. The third-order valence-corrected chi connectivity index (χ3v) is 21.5. The molecule has 0 spiro atoms. The van der Waals surface area contributed by atoms with E-state index in [1.54, 1.807) is 102 Å². The molecular weight excluding hydrogens is 1500 g/mol. The van der Waals surface area contributed by atoms with E-state index in [4.69, 9.17) is 57.2 Å². The largest absolute Gasteiger partial charge is 0.466 e. The van der Waals surface area contributed by atoms with Gasteiger partial charge in [-0.1, -0.05) is 35.3 Å². The van der Waals surface area contributed by atoms with Crippen molar-refractivity contribution in [2.75, 3.05) is 136 Å². The molecule has 5 N–H and O–H groups in total. The summed E-state index contributed by atoms with van der Waals surface area (Å²) in [6, 6.07) is 33.6. The number of aliphatic hydroxyl groups excluding tert-OH is 3. The molecule has 33 heteroatoms. The first kappa shape index (κ1) is 77.4. The Kier molecular flexibility index (Phi) is 24.5. The number of ether oxygens (including phenoxy) is 4. The Balaban J connectivity index is 0.000000193. The molecule has 8 heterocycles. The van der Waals surface area contributed by atoms with Gasteiger partial charge in [0.15, 0.2) is 21.7 Å². The lowest BCUT2D eigenvalue weighted by atomic mass is 9.95. The fourth-order valence-electron chi connectivity index (χ4n) is 13.8. The van der Waals surface area contributed by atoms with Gasteiger partial charge in [-0.2, -0.15) is 0 Å². The van der Waals surface area contributed by atoms with Gasteiger partial charge in [0.2, 0.25) is 0 Å². The number of aromatic nitrogens is 2. The number of fused-ring (bicyclic) bond motifs is 2. The second-order valence-electron chi connectivity index (χ2n) is 26.2. The highest BCUT2D eigenvalue weighted by Gasteiger charge is 2.45. The number of likely N-dealkylation sites (N-methyl/N-ethyl adjacent to an activating group) is 1. The number of esters is 2. The van der Waals surface area contributed by atoms with Crippen LogP contribution in [0, 0.1) is 11.6 Å². The van der Waals surface area contributed by atoms with E-state index in [1.165, 1.54) is 83.1 Å². The minimum absolute atomic E-state index is 0.0887. The van der Waals surface area contributed by atoms with E-state index < -0.39 is 35.7 Å². The van der Waals surface area contributed by atoms with Crippen molar-refractivity contribution in [1.29, 1.82) is 0 Å². The lowest BCUT2D eigenvalue weighted by Crippen LogP contribution is -2.53. The molecule has 0 unspecified atom stereocenters. The first-order chi connectivity index (χ1) is 53.3. The second-order valence-corrected chi connectivity index (χ2v) is 28.8. The van der Waals surface area contributed by atoms with Crippen LogP contribution in [0.5, 0.6) is 23.0 Å². The summed E-state index contributed by atoms with van der Waals surface area (Å²) in [5, 5.41) is 39.4. The SMILES string of the molecule is COC(=O)C1=C(CN2CCN3C(=O)N(c4ccc(Oc5ccc(C(=O)N(C)CCO)cc5)cc4)C[C@@H]3C2)NC(c2nccs2)=N[C@H]1c1ccc(F)cc1Cl.COC(=O)C1=C(CN2CCN3C(=O)N(c4ccc(Oc5ccc(C(=O)N(CCO)CCO)cc5)cc4)C[C@@H]3C2)NC(c2nccs2)=N[C@H]1c1ccc(F)cc1Cl. The monoisotopic (exact) mass is 1580 g/mol. The summed E-state index contributed by atoms with van der Waals surface area (Å²) in [4.78, 5) is 112. The number of rotatable bonds is 24. The number of nitrogens with zero attached hydrogens (tertiary/aromatic N) is 12. The number of urea groups is 2. The summed E-state index contributed by atoms with van der Waals surface area (Å²) < 4.78 is 50.6. The number of halogens is 4. The molecule has 0 bridgehead atoms. The van der Waals surface area contributed by atoms with Crippen molar-refractivity contribution in [1.82, 2.24) is 50.0 Å². The molecule has 4 fully saturated rings. The predicted octanol–water partition coefficient (Wildman–Crippen LogP) is 9.24. The van der Waals surface area contributed by atoms with Gasteiger partial charge in [0.05, 0.1) is 57.3 Å². The molecule has 6 aliphatic heterocycles. The molecule has 14 rings (SSSR count). The molecule has 6 aliphatic rings. The lowest BCUT2D eigenvalue weighted by molar-refractivity contribution is -0.137. The average Bonchev–Trinajstić information content (AvgIpc) is 0.914. The van der Waals surface area contributed by atoms with Crippen LogP contribution >= 0.6 is 45.9 Å². The van der Waals surface area contributed by atoms with Crippen molar-refractivity contribution >= 4 is 105 Å². The third kappa shape index (κ3) is 17.3. The zero-order chi connectivity index (χ0) is 77.3. The summed E-state index contributed by atoms with van der Waals surface area (Å²) in [7, 11) is 4.23. The van der Waals surface area contributed by atoms with Gasteiger partial charge < -0.3 is 64.5 Å². The van der Waals surface area contributed by atoms with Gasteiger partial charge in [-0.25, -0.2) is 37.9 Å². The molecule has 0 radical (unpaired) electrons. The Labute approximate surface area is 649 Å². The van der Waals surface area contributed by atoms with Crippen molar-refractivity contribution in [3.05, 3.63) is 233 Å². The van der Waals surface area contributed by atoms with E-state index in [9.17, 15) is 47.8 Å². The normalized spacial score (nSPS) is 18.5. The highest BCUT2D eigenvalue weighted by molar-refractivity contribution is 7.12. The van der Waals surface area contributed by atoms with E-state index in [0.29, 0.717) is 149 Å². The summed E-state index contributed by atoms with van der Waals surface area (Å²) in [6.07, 6.45) is 3.32. The van der Waals surface area contributed by atoms with Crippen molar-refractivity contribution in [2.24, 2.45) is 9.98 Å². The zero-order valence-corrected chi connectivity index (χ0v) is 62.9. The molecule has 6 amide bonds. The van der Waals surface area contributed by atoms with Crippen LogP contribution in [0.2, 0.25) is 10.0 Å². The van der Waals surface area contributed by atoms with Crippen LogP contribution < -0.4 is 29.9 Å². The molecule has 8 aromatic rings. The van der Waals surface area contributed by atoms with Gasteiger partial charge in [0.25, 0.3) is 11.8 Å². The quantitative estimate of drug-likeness (QED) is 0.0352. The number of amides is 6. The van der Waals surface area contributed by atoms with Gasteiger partial charge in [-0.3, -0.25) is 39.2 Å². The zero-order valence-electron chi connectivity index (χ0n) is 59.8. The maximum atomic E-state index is 14.1. The fourth-order valence-corrected chi connectivity index (χ4v) is 15.6. The molecule has 6 aromatic carbocycles. The number of hydrogen-bond acceptors (Lipinski definition) is 23. The van der Waals surface area contributed by atoms with Gasteiger partial charge in [0, 0.05) is 170 Å². The Hall–Kier alpha value is -10.7. The molecular formula is C77H76Cl2F2N14O13S2. The number of hydrogen-bond donors (Lipinski definition) is 5. The van der Waals surface area contributed by atoms with Gasteiger partial charge in [-0.15, -0.1) is 22.7 Å². The maximum Gasteiger partial charge on any atom is 0.338 e. The number of nitrogens with one attached hydrogen (secondary N) is 2. The first-order valence-corrected chi connectivity index (χ1v) is 37.6. The number of methoxy groups -OCH3 is 2. The highest BCUT2D eigenvalue weighted by atomic mass is 35.5. The van der Waals surface area contributed by atoms with E-state index in [1.807, 2.05) is 44.8 Å². The maximum absolute atomic E-state index is 14.1. The molecule has 0 saturated carbocycles. The Morgan fingerprint density at radius 3 is 1.29 bits per heavy atom. The standard InChI is InChI=1S/C39H39ClFN7O7S.C38H37ClFN7O6S/c1-54-38(52)33-32(43-35(36-42-12-19-56-36)44-34(33)30-11-4-25(41)20-31(30)40)23-45-13-14-47-27(21-45)22-48(39(47)53)26-5-9-29(10-6-26)55-28-7-2-24(3-8-28)37(51)46(15-17-49)16-18-50;1-44(16-17-48)36(49)23-3-8-27(9-4-23)53-28-10-6-25(7-11-28)47-21-26-20-45(14-15-46(26)38(47)51)22-31-32(37(50)52-2)33(29-12-5-24(40)19-30(29)39)43-34(42-31)35-41-13-18-54-35/h2-12,19-20,27,34,49-50H,13-18,21-23H2,1H3,(H,43,44);3-13,18-19,26,33,48H,14-17,20-22H2,1-2H3,(H,42,43)/t27-,34-;26-,33-/m00/s1. The number of carbonyl (C=O) groups excluding carboxylic acids is 6. The average molecular weight is 1580 g/mol. The van der Waals surface area contributed by atoms with Crippen LogP contribution in [0.3, 0.4) is 0 Å². The summed E-state index contributed by atoms with van der Waals surface area (Å²) in [6.45, 7) is 4.63. The Morgan fingerprint density at radius 1 is 0.536 bits per heavy atom. The van der Waals surface area contributed by atoms with Gasteiger partial charge in [-0.05, 0) is 121 Å².